The van der Waals surface area contributed by atoms with Gasteiger partial charge in [-0.15, -0.1) is 0 Å². The number of esters is 1. The van der Waals surface area contributed by atoms with Crippen LogP contribution in [0.1, 0.15) is 27.8 Å². The van der Waals surface area contributed by atoms with Crippen LogP contribution >= 0.6 is 0 Å². The van der Waals surface area contributed by atoms with E-state index in [4.69, 9.17) is 0 Å². The van der Waals surface area contributed by atoms with E-state index in [-0.39, 0.29) is 11.3 Å². The fourth-order valence-corrected chi connectivity index (χ4v) is 1.64. The molecule has 0 saturated carbocycles. The Bertz CT molecular complexity index is 797. The topological polar surface area (TPSA) is 137 Å². The lowest BCUT2D eigenvalue weighted by atomic mass is 10.2. The number of hydrogen-bond acceptors (Lipinski definition) is 8. The highest BCUT2D eigenvalue weighted by Crippen LogP contribution is 2.01. The molecule has 0 spiro atoms. The molecule has 2 rings (SSSR count). The van der Waals surface area contributed by atoms with Crippen LogP contribution in [0.3, 0.4) is 0 Å². The van der Waals surface area contributed by atoms with E-state index in [0.717, 1.165) is 0 Å². The van der Waals surface area contributed by atoms with Crippen LogP contribution in [0.25, 0.3) is 0 Å². The van der Waals surface area contributed by atoms with Gasteiger partial charge < -0.3 is 14.9 Å². The highest BCUT2D eigenvalue weighted by atomic mass is 16.7. The number of rotatable bonds is 4. The molecule has 1 aromatic heterocycles. The number of benzene rings is 1. The minimum absolute atomic E-state index is 0.0613. The quantitative estimate of drug-likeness (QED) is 0.461. The molecule has 0 aliphatic rings. The third kappa shape index (κ3) is 5.37. The van der Waals surface area contributed by atoms with Gasteiger partial charge in [-0.3, -0.25) is 9.78 Å². The molecule has 10 nitrogen and oxygen atoms in total. The maximum atomic E-state index is 11.7. The third-order valence-corrected chi connectivity index (χ3v) is 2.92. The van der Waals surface area contributed by atoms with Gasteiger partial charge in [0.1, 0.15) is 11.7 Å². The largest absolute Gasteiger partial charge is 0.415 e. The van der Waals surface area contributed by atoms with Crippen LogP contribution in [0.4, 0.5) is 4.79 Å². The van der Waals surface area contributed by atoms with Crippen LogP contribution in [0.15, 0.2) is 48.9 Å². The summed E-state index contributed by atoms with van der Waals surface area (Å²) in [5, 5.41) is 2.11. The first-order valence-corrected chi connectivity index (χ1v) is 7.32. The summed E-state index contributed by atoms with van der Waals surface area (Å²) in [7, 11) is 0. The number of aromatic nitrogens is 2. The molecule has 0 bridgehead atoms. The van der Waals surface area contributed by atoms with Gasteiger partial charge >= 0.3 is 23.9 Å². The molecule has 0 aliphatic carbocycles. The predicted octanol–water partition coefficient (Wildman–Crippen LogP) is 0.620. The number of nitrogens with one attached hydrogen (secondary N) is 2. The van der Waals surface area contributed by atoms with E-state index < -0.39 is 30.0 Å². The van der Waals surface area contributed by atoms with Crippen molar-refractivity contribution >= 4 is 23.9 Å². The molecule has 134 valence electrons. The molecule has 0 radical (unpaired) electrons. The van der Waals surface area contributed by atoms with Gasteiger partial charge in [0.2, 0.25) is 0 Å². The molecule has 0 aliphatic heterocycles. The van der Waals surface area contributed by atoms with Crippen molar-refractivity contribution in [3.8, 4) is 0 Å². The lowest BCUT2D eigenvalue weighted by molar-refractivity contribution is -0.150. The number of alkyl carbamates (subject to hydrolysis) is 1. The number of carbonyl (C=O) groups excluding carboxylic acids is 4. The Morgan fingerprint density at radius 2 is 1.81 bits per heavy atom. The summed E-state index contributed by atoms with van der Waals surface area (Å²) < 4.78 is 4.55. The van der Waals surface area contributed by atoms with E-state index in [1.165, 1.54) is 37.6 Å². The molecule has 0 fully saturated rings. The normalized spacial score (nSPS) is 11.0. The smallest absolute Gasteiger partial charge is 0.373 e. The Balaban J connectivity index is 1.78. The fraction of sp³-hybridized carbons (Fsp3) is 0.125. The zero-order chi connectivity index (χ0) is 18.9. The molecule has 10 heteroatoms. The van der Waals surface area contributed by atoms with E-state index in [1.807, 2.05) is 5.48 Å². The van der Waals surface area contributed by atoms with Crippen molar-refractivity contribution in [3.63, 3.8) is 0 Å². The second kappa shape index (κ2) is 8.87. The molecule has 1 atom stereocenters. The van der Waals surface area contributed by atoms with Gasteiger partial charge in [-0.2, -0.15) is 5.48 Å². The van der Waals surface area contributed by atoms with Gasteiger partial charge in [0.25, 0.3) is 0 Å². The van der Waals surface area contributed by atoms with E-state index in [1.54, 1.807) is 18.2 Å². The molecule has 2 N–H and O–H groups in total. The molecule has 2 amide bonds. The Morgan fingerprint density at radius 1 is 1.08 bits per heavy atom. The van der Waals surface area contributed by atoms with Crippen LogP contribution in [-0.2, 0) is 14.4 Å². The van der Waals surface area contributed by atoms with E-state index >= 15 is 0 Å². The summed E-state index contributed by atoms with van der Waals surface area (Å²) in [5.41, 5.74) is 1.98. The molecule has 26 heavy (non-hydrogen) atoms. The van der Waals surface area contributed by atoms with Crippen molar-refractivity contribution in [2.45, 2.75) is 13.0 Å². The first kappa shape index (κ1) is 18.5. The zero-order valence-electron chi connectivity index (χ0n) is 13.5. The summed E-state index contributed by atoms with van der Waals surface area (Å²) in [6.45, 7) is 1.28. The van der Waals surface area contributed by atoms with Gasteiger partial charge in [-0.25, -0.2) is 19.4 Å². The maximum Gasteiger partial charge on any atom is 0.415 e. The van der Waals surface area contributed by atoms with E-state index in [9.17, 15) is 19.2 Å². The molecule has 2 aromatic rings. The number of amides is 2. The molecule has 0 saturated heterocycles. The Labute approximate surface area is 147 Å². The van der Waals surface area contributed by atoms with Crippen LogP contribution in [0.5, 0.6) is 0 Å². The molecule has 1 unspecified atom stereocenters. The van der Waals surface area contributed by atoms with Gasteiger partial charge in [0, 0.05) is 12.4 Å². The second-order valence-corrected chi connectivity index (χ2v) is 4.85. The van der Waals surface area contributed by atoms with E-state index in [2.05, 4.69) is 24.9 Å². The summed E-state index contributed by atoms with van der Waals surface area (Å²) >= 11 is 0. The van der Waals surface area contributed by atoms with Crippen LogP contribution in [0.2, 0.25) is 0 Å². The number of ether oxygens (including phenoxy) is 1. The number of carbonyl (C=O) groups is 4. The van der Waals surface area contributed by atoms with Crippen molar-refractivity contribution in [2.24, 2.45) is 0 Å². The summed E-state index contributed by atoms with van der Waals surface area (Å²) in [6, 6.07) is 6.66. The highest BCUT2D eigenvalue weighted by molar-refractivity contribution is 5.97. The average molecular weight is 358 g/mol. The highest BCUT2D eigenvalue weighted by Gasteiger charge is 2.21. The van der Waals surface area contributed by atoms with Gasteiger partial charge in [-0.1, -0.05) is 18.2 Å². The van der Waals surface area contributed by atoms with Crippen molar-refractivity contribution < 1.29 is 28.8 Å². The zero-order valence-corrected chi connectivity index (χ0v) is 13.5. The minimum atomic E-state index is -1.19. The summed E-state index contributed by atoms with van der Waals surface area (Å²) in [6.07, 6.45) is 2.71. The fourth-order valence-electron chi connectivity index (χ4n) is 1.64. The summed E-state index contributed by atoms with van der Waals surface area (Å²) in [5.74, 6) is -2.65. The van der Waals surface area contributed by atoms with Crippen LogP contribution in [-0.4, -0.2) is 39.9 Å². The third-order valence-electron chi connectivity index (χ3n) is 2.92. The first-order valence-electron chi connectivity index (χ1n) is 7.32. The lowest BCUT2D eigenvalue weighted by Crippen LogP contribution is -2.43. The SMILES string of the molecule is CC(NC(=O)OC(=O)c1ccccc1)C(=O)ONC(=O)c1cnccn1. The van der Waals surface area contributed by atoms with Gasteiger partial charge in [0.05, 0.1) is 11.8 Å². The average Bonchev–Trinajstić information content (AvgIpc) is 2.66. The molecular formula is C16H14N4O6. The lowest BCUT2D eigenvalue weighted by Gasteiger charge is -2.12. The number of hydroxylamine groups is 1. The number of hydrogen-bond donors (Lipinski definition) is 2. The van der Waals surface area contributed by atoms with Crippen molar-refractivity contribution in [2.75, 3.05) is 0 Å². The van der Waals surface area contributed by atoms with Crippen molar-refractivity contribution in [3.05, 3.63) is 60.2 Å². The Hall–Kier alpha value is -3.82. The van der Waals surface area contributed by atoms with Crippen molar-refractivity contribution in [1.29, 1.82) is 0 Å². The Morgan fingerprint density at radius 3 is 2.46 bits per heavy atom. The monoisotopic (exact) mass is 358 g/mol. The first-order chi connectivity index (χ1) is 12.5. The minimum Gasteiger partial charge on any atom is -0.373 e. The molecule has 1 aromatic carbocycles. The van der Waals surface area contributed by atoms with Gasteiger partial charge in [-0.05, 0) is 19.1 Å². The van der Waals surface area contributed by atoms with Crippen LogP contribution < -0.4 is 10.8 Å². The van der Waals surface area contributed by atoms with Crippen LogP contribution in [0, 0.1) is 0 Å². The summed E-state index contributed by atoms with van der Waals surface area (Å²) in [4.78, 5) is 58.7. The van der Waals surface area contributed by atoms with Crippen molar-refractivity contribution in [1.82, 2.24) is 20.8 Å². The molecule has 1 heterocycles. The standard InChI is InChI=1S/C16H14N4O6/c1-10(14(22)26-20-13(21)12-9-17-7-8-18-12)19-16(24)25-15(23)11-5-3-2-4-6-11/h2-10H,1H3,(H,19,24)(H,20,21). The number of nitrogens with zero attached hydrogens (tertiary/aromatic N) is 2. The maximum absolute atomic E-state index is 11.7. The van der Waals surface area contributed by atoms with E-state index in [0.29, 0.717) is 0 Å². The van der Waals surface area contributed by atoms with Gasteiger partial charge in [0.15, 0.2) is 0 Å². The molecular weight excluding hydrogens is 344 g/mol. The predicted molar refractivity (Wildman–Crippen MR) is 85.4 cm³/mol. The second-order valence-electron chi connectivity index (χ2n) is 4.85. The Kier molecular flexibility index (Phi) is 6.32.